The Balaban J connectivity index is 1.81. The molecule has 6 heteroatoms. The number of carbonyl (C=O) groups excluding carboxylic acids is 1. The van der Waals surface area contributed by atoms with E-state index in [2.05, 4.69) is 16.4 Å². The molecule has 23 heavy (non-hydrogen) atoms. The van der Waals surface area contributed by atoms with Crippen LogP contribution in [0.15, 0.2) is 35.8 Å². The molecule has 5 nitrogen and oxygen atoms in total. The molecular weight excluding hydrogens is 312 g/mol. The molecule has 0 bridgehead atoms. The molecule has 3 rings (SSSR count). The van der Waals surface area contributed by atoms with Gasteiger partial charge >= 0.3 is 0 Å². The Kier molecular flexibility index (Phi) is 5.25. The van der Waals surface area contributed by atoms with Crippen molar-refractivity contribution in [3.8, 4) is 5.88 Å². The second kappa shape index (κ2) is 7.57. The maximum absolute atomic E-state index is 12.7. The minimum Gasteiger partial charge on any atom is -0.480 e. The Morgan fingerprint density at radius 2 is 2.22 bits per heavy atom. The van der Waals surface area contributed by atoms with Gasteiger partial charge in [0.2, 0.25) is 5.88 Å². The SMILES string of the molecule is COc1ncccc1C(=O)NC(c1cccs1)C1CCOCC1. The summed E-state index contributed by atoms with van der Waals surface area (Å²) in [7, 11) is 1.52. The highest BCUT2D eigenvalue weighted by molar-refractivity contribution is 7.10. The van der Waals surface area contributed by atoms with E-state index in [9.17, 15) is 4.79 Å². The molecule has 0 saturated carbocycles. The maximum atomic E-state index is 12.7. The lowest BCUT2D eigenvalue weighted by molar-refractivity contribution is 0.0518. The number of pyridine rings is 1. The van der Waals surface area contributed by atoms with Crippen LogP contribution in [0.2, 0.25) is 0 Å². The molecule has 1 atom stereocenters. The number of amides is 1. The normalized spacial score (nSPS) is 16.7. The molecule has 1 unspecified atom stereocenters. The zero-order chi connectivity index (χ0) is 16.1. The molecule has 1 fully saturated rings. The van der Waals surface area contributed by atoms with Crippen molar-refractivity contribution in [2.45, 2.75) is 18.9 Å². The summed E-state index contributed by atoms with van der Waals surface area (Å²) >= 11 is 1.67. The van der Waals surface area contributed by atoms with Crippen molar-refractivity contribution >= 4 is 17.2 Å². The van der Waals surface area contributed by atoms with Crippen LogP contribution >= 0.6 is 11.3 Å². The van der Waals surface area contributed by atoms with Crippen LogP contribution in [0.25, 0.3) is 0 Å². The van der Waals surface area contributed by atoms with Gasteiger partial charge in [0.25, 0.3) is 5.91 Å². The zero-order valence-electron chi connectivity index (χ0n) is 13.0. The number of thiophene rings is 1. The van der Waals surface area contributed by atoms with Gasteiger partial charge in [0.05, 0.1) is 13.2 Å². The van der Waals surface area contributed by atoms with E-state index in [-0.39, 0.29) is 11.9 Å². The zero-order valence-corrected chi connectivity index (χ0v) is 13.8. The number of hydrogen-bond acceptors (Lipinski definition) is 5. The Morgan fingerprint density at radius 1 is 1.39 bits per heavy atom. The molecule has 122 valence electrons. The number of carbonyl (C=O) groups is 1. The minimum absolute atomic E-state index is 0.00341. The predicted molar refractivity (Wildman–Crippen MR) is 88.9 cm³/mol. The number of nitrogens with zero attached hydrogens (tertiary/aromatic N) is 1. The number of aromatic nitrogens is 1. The molecule has 1 saturated heterocycles. The lowest BCUT2D eigenvalue weighted by atomic mass is 9.90. The van der Waals surface area contributed by atoms with Gasteiger partial charge in [0, 0.05) is 24.3 Å². The lowest BCUT2D eigenvalue weighted by Gasteiger charge is -2.30. The minimum atomic E-state index is -0.153. The average Bonchev–Trinajstić information content (AvgIpc) is 3.14. The molecule has 0 radical (unpaired) electrons. The van der Waals surface area contributed by atoms with E-state index in [1.54, 1.807) is 29.7 Å². The summed E-state index contributed by atoms with van der Waals surface area (Å²) in [5, 5.41) is 5.22. The number of hydrogen-bond donors (Lipinski definition) is 1. The summed E-state index contributed by atoms with van der Waals surface area (Å²) in [6, 6.07) is 7.56. The highest BCUT2D eigenvalue weighted by atomic mass is 32.1. The smallest absolute Gasteiger partial charge is 0.257 e. The van der Waals surface area contributed by atoms with E-state index in [1.807, 2.05) is 11.4 Å². The van der Waals surface area contributed by atoms with Gasteiger partial charge < -0.3 is 14.8 Å². The molecule has 1 aliphatic rings. The Morgan fingerprint density at radius 3 is 2.91 bits per heavy atom. The summed E-state index contributed by atoms with van der Waals surface area (Å²) < 4.78 is 10.6. The van der Waals surface area contributed by atoms with Crippen LogP contribution in [0.4, 0.5) is 0 Å². The van der Waals surface area contributed by atoms with Crippen molar-refractivity contribution in [3.63, 3.8) is 0 Å². The number of rotatable bonds is 5. The van der Waals surface area contributed by atoms with Crippen molar-refractivity contribution in [1.82, 2.24) is 10.3 Å². The molecule has 3 heterocycles. The lowest BCUT2D eigenvalue weighted by Crippen LogP contribution is -2.35. The monoisotopic (exact) mass is 332 g/mol. The fraction of sp³-hybridized carbons (Fsp3) is 0.412. The van der Waals surface area contributed by atoms with Crippen LogP contribution in [0.1, 0.15) is 34.1 Å². The molecule has 0 aliphatic carbocycles. The third kappa shape index (κ3) is 3.71. The van der Waals surface area contributed by atoms with Crippen LogP contribution in [-0.4, -0.2) is 31.2 Å². The van der Waals surface area contributed by atoms with Crippen molar-refractivity contribution in [1.29, 1.82) is 0 Å². The van der Waals surface area contributed by atoms with E-state index < -0.39 is 0 Å². The summed E-state index contributed by atoms with van der Waals surface area (Å²) in [6.45, 7) is 1.50. The second-order valence-electron chi connectivity index (χ2n) is 5.48. The average molecular weight is 332 g/mol. The Labute approximate surface area is 139 Å². The third-order valence-corrected chi connectivity index (χ3v) is 5.04. The first-order valence-electron chi connectivity index (χ1n) is 7.70. The number of ether oxygens (including phenoxy) is 2. The van der Waals surface area contributed by atoms with Crippen molar-refractivity contribution < 1.29 is 14.3 Å². The molecule has 0 aromatic carbocycles. The van der Waals surface area contributed by atoms with E-state index in [0.29, 0.717) is 17.4 Å². The number of methoxy groups -OCH3 is 1. The van der Waals surface area contributed by atoms with E-state index in [4.69, 9.17) is 9.47 Å². The largest absolute Gasteiger partial charge is 0.480 e. The van der Waals surface area contributed by atoms with E-state index in [1.165, 1.54) is 12.0 Å². The summed E-state index contributed by atoms with van der Waals surface area (Å²) in [4.78, 5) is 18.0. The highest BCUT2D eigenvalue weighted by Crippen LogP contribution is 2.33. The van der Waals surface area contributed by atoms with Gasteiger partial charge in [-0.05, 0) is 42.3 Å². The standard InChI is InChI=1S/C17H20N2O3S/c1-21-17-13(4-2-8-18-17)16(20)19-15(14-5-3-11-23-14)12-6-9-22-10-7-12/h2-5,8,11-12,15H,6-7,9-10H2,1H3,(H,19,20). The van der Waals surface area contributed by atoms with Gasteiger partial charge in [0.15, 0.2) is 0 Å². The van der Waals surface area contributed by atoms with Gasteiger partial charge in [-0.15, -0.1) is 11.3 Å². The van der Waals surface area contributed by atoms with Gasteiger partial charge in [-0.2, -0.15) is 0 Å². The van der Waals surface area contributed by atoms with E-state index >= 15 is 0 Å². The highest BCUT2D eigenvalue weighted by Gasteiger charge is 2.28. The summed E-state index contributed by atoms with van der Waals surface area (Å²) in [6.07, 6.45) is 3.52. The van der Waals surface area contributed by atoms with Crippen molar-refractivity contribution in [2.75, 3.05) is 20.3 Å². The Hall–Kier alpha value is -1.92. The first-order chi connectivity index (χ1) is 11.3. The summed E-state index contributed by atoms with van der Waals surface area (Å²) in [5.74, 6) is 0.579. The first-order valence-corrected chi connectivity index (χ1v) is 8.58. The van der Waals surface area contributed by atoms with Crippen LogP contribution in [-0.2, 0) is 4.74 Å². The van der Waals surface area contributed by atoms with Gasteiger partial charge in [0.1, 0.15) is 5.56 Å². The molecule has 0 spiro atoms. The van der Waals surface area contributed by atoms with Crippen molar-refractivity contribution in [3.05, 3.63) is 46.3 Å². The molecule has 1 aliphatic heterocycles. The fourth-order valence-corrected chi connectivity index (χ4v) is 3.75. The maximum Gasteiger partial charge on any atom is 0.257 e. The molecule has 1 amide bonds. The second-order valence-corrected chi connectivity index (χ2v) is 6.46. The van der Waals surface area contributed by atoms with Crippen LogP contribution in [0.5, 0.6) is 5.88 Å². The quantitative estimate of drug-likeness (QED) is 0.914. The molecular formula is C17H20N2O3S. The van der Waals surface area contributed by atoms with Gasteiger partial charge in [-0.1, -0.05) is 6.07 Å². The number of nitrogens with one attached hydrogen (secondary N) is 1. The Bertz CT molecular complexity index is 639. The predicted octanol–water partition coefficient (Wildman–Crippen LogP) is 3.05. The van der Waals surface area contributed by atoms with Crippen LogP contribution in [0.3, 0.4) is 0 Å². The van der Waals surface area contributed by atoms with Crippen molar-refractivity contribution in [2.24, 2.45) is 5.92 Å². The topological polar surface area (TPSA) is 60.5 Å². The van der Waals surface area contributed by atoms with Crippen LogP contribution < -0.4 is 10.1 Å². The summed E-state index contributed by atoms with van der Waals surface area (Å²) in [5.41, 5.74) is 0.462. The van der Waals surface area contributed by atoms with Gasteiger partial charge in [-0.3, -0.25) is 4.79 Å². The third-order valence-electron chi connectivity index (χ3n) is 4.08. The van der Waals surface area contributed by atoms with E-state index in [0.717, 1.165) is 26.1 Å². The first kappa shape index (κ1) is 16.0. The van der Waals surface area contributed by atoms with Gasteiger partial charge in [-0.25, -0.2) is 4.98 Å². The molecule has 2 aromatic rings. The molecule has 1 N–H and O–H groups in total. The molecule has 2 aromatic heterocycles. The van der Waals surface area contributed by atoms with Crippen LogP contribution in [0, 0.1) is 5.92 Å². The fourth-order valence-electron chi connectivity index (χ4n) is 2.88.